The largest absolute Gasteiger partial charge is 0.490 e. The number of carboxylic acid groups (broad SMARTS) is 1. The van der Waals surface area contributed by atoms with Gasteiger partial charge < -0.3 is 20.9 Å². The van der Waals surface area contributed by atoms with Gasteiger partial charge in [0, 0.05) is 31.2 Å². The fourth-order valence-corrected chi connectivity index (χ4v) is 2.60. The minimum absolute atomic E-state index is 0.0370. The van der Waals surface area contributed by atoms with Crippen molar-refractivity contribution in [3.05, 3.63) is 0 Å². The van der Waals surface area contributed by atoms with E-state index < -0.39 is 12.1 Å². The van der Waals surface area contributed by atoms with E-state index >= 15 is 0 Å². The molecular formula is C12H23F3N2O4S2. The lowest BCUT2D eigenvalue weighted by Crippen LogP contribution is -2.29. The van der Waals surface area contributed by atoms with E-state index in [0.717, 1.165) is 11.5 Å². The molecule has 0 aromatic heterocycles. The first-order valence-electron chi connectivity index (χ1n) is 6.70. The summed E-state index contributed by atoms with van der Waals surface area (Å²) in [5.41, 5.74) is 5.35. The highest BCUT2D eigenvalue weighted by molar-refractivity contribution is 8.76. The van der Waals surface area contributed by atoms with Gasteiger partial charge >= 0.3 is 12.1 Å². The molecule has 23 heavy (non-hydrogen) atoms. The summed E-state index contributed by atoms with van der Waals surface area (Å²) >= 11 is 0. The molecule has 0 heterocycles. The molecule has 0 saturated heterocycles. The lowest BCUT2D eigenvalue weighted by molar-refractivity contribution is -0.192. The highest BCUT2D eigenvalue weighted by Crippen LogP contribution is 2.18. The van der Waals surface area contributed by atoms with Crippen LogP contribution in [0.2, 0.25) is 0 Å². The number of halogens is 3. The summed E-state index contributed by atoms with van der Waals surface area (Å²) in [6.07, 6.45) is -5.08. The fraction of sp³-hybridized carbons (Fsp3) is 0.833. The number of alkyl halides is 3. The van der Waals surface area contributed by atoms with Crippen LogP contribution in [0.15, 0.2) is 0 Å². The molecule has 0 saturated carbocycles. The Hall–Kier alpha value is -0.650. The molecule has 0 rings (SSSR count). The number of carbonyl (C=O) groups excluding carboxylic acids is 1. The average molecular weight is 380 g/mol. The summed E-state index contributed by atoms with van der Waals surface area (Å²) < 4.78 is 36.9. The van der Waals surface area contributed by atoms with Gasteiger partial charge in [0.1, 0.15) is 6.61 Å². The highest BCUT2D eigenvalue weighted by Gasteiger charge is 2.38. The number of hydrogen-bond donors (Lipinski definition) is 3. The van der Waals surface area contributed by atoms with Gasteiger partial charge in [0.25, 0.3) is 0 Å². The van der Waals surface area contributed by atoms with Crippen LogP contribution in [-0.4, -0.2) is 61.0 Å². The number of aliphatic carboxylic acids is 1. The molecule has 0 radical (unpaired) electrons. The highest BCUT2D eigenvalue weighted by atomic mass is 33.1. The molecule has 6 nitrogen and oxygen atoms in total. The van der Waals surface area contributed by atoms with Crippen LogP contribution in [-0.2, 0) is 14.3 Å². The van der Waals surface area contributed by atoms with Crippen LogP contribution in [0.1, 0.15) is 13.8 Å². The number of rotatable bonds is 10. The minimum atomic E-state index is -5.08. The summed E-state index contributed by atoms with van der Waals surface area (Å²) in [5.74, 6) is -0.468. The van der Waals surface area contributed by atoms with Crippen molar-refractivity contribution in [3.8, 4) is 0 Å². The van der Waals surface area contributed by atoms with Crippen molar-refractivity contribution in [2.75, 3.05) is 37.8 Å². The van der Waals surface area contributed by atoms with Crippen molar-refractivity contribution in [2.45, 2.75) is 20.0 Å². The molecule has 1 amide bonds. The summed E-state index contributed by atoms with van der Waals surface area (Å²) in [6.45, 7) is 6.30. The molecule has 4 N–H and O–H groups in total. The third-order valence-corrected chi connectivity index (χ3v) is 4.16. The van der Waals surface area contributed by atoms with Crippen LogP contribution in [0.5, 0.6) is 0 Å². The van der Waals surface area contributed by atoms with Gasteiger partial charge in [-0.25, -0.2) is 4.79 Å². The standard InChI is InChI=1S/C10H22N2O2S2.C2HF3O2/c1-9(2)7-14-8-10(13)12-4-6-16-15-5-3-11;3-2(4,5)1(6)7/h9H,3-8,11H2,1-2H3,(H,12,13);(H,6,7). The van der Waals surface area contributed by atoms with Crippen molar-refractivity contribution in [1.29, 1.82) is 0 Å². The monoisotopic (exact) mass is 380 g/mol. The topological polar surface area (TPSA) is 102 Å². The normalized spacial score (nSPS) is 10.9. The molecule has 138 valence electrons. The number of amides is 1. The summed E-state index contributed by atoms with van der Waals surface area (Å²) in [5, 5.41) is 9.93. The van der Waals surface area contributed by atoms with E-state index in [1.165, 1.54) is 0 Å². The van der Waals surface area contributed by atoms with Gasteiger partial charge in [-0.05, 0) is 5.92 Å². The minimum Gasteiger partial charge on any atom is -0.475 e. The van der Waals surface area contributed by atoms with E-state index in [9.17, 15) is 18.0 Å². The Morgan fingerprint density at radius 3 is 2.22 bits per heavy atom. The molecule has 0 aliphatic carbocycles. The van der Waals surface area contributed by atoms with Crippen LogP contribution in [0.25, 0.3) is 0 Å². The van der Waals surface area contributed by atoms with E-state index in [2.05, 4.69) is 19.2 Å². The van der Waals surface area contributed by atoms with Crippen molar-refractivity contribution in [3.63, 3.8) is 0 Å². The zero-order chi connectivity index (χ0) is 18.3. The number of nitrogens with two attached hydrogens (primary N) is 1. The molecule has 0 fully saturated rings. The Kier molecular flexibility index (Phi) is 15.9. The molecular weight excluding hydrogens is 357 g/mol. The molecule has 0 aliphatic heterocycles. The van der Waals surface area contributed by atoms with Crippen LogP contribution in [0, 0.1) is 5.92 Å². The maximum Gasteiger partial charge on any atom is 0.490 e. The molecule has 11 heteroatoms. The van der Waals surface area contributed by atoms with Crippen LogP contribution in [0.3, 0.4) is 0 Å². The van der Waals surface area contributed by atoms with Gasteiger partial charge in [-0.1, -0.05) is 35.4 Å². The maximum absolute atomic E-state index is 11.2. The van der Waals surface area contributed by atoms with Crippen molar-refractivity contribution >= 4 is 33.5 Å². The second-order valence-electron chi connectivity index (χ2n) is 4.49. The van der Waals surface area contributed by atoms with Gasteiger partial charge in [0.05, 0.1) is 0 Å². The summed E-state index contributed by atoms with van der Waals surface area (Å²) in [6, 6.07) is 0. The van der Waals surface area contributed by atoms with Gasteiger partial charge in [-0.2, -0.15) is 13.2 Å². The van der Waals surface area contributed by atoms with Crippen LogP contribution < -0.4 is 11.1 Å². The summed E-state index contributed by atoms with van der Waals surface area (Å²) in [7, 11) is 3.47. The average Bonchev–Trinajstić information content (AvgIpc) is 2.42. The molecule has 0 aromatic carbocycles. The molecule has 0 spiro atoms. The lowest BCUT2D eigenvalue weighted by atomic mass is 10.2. The Balaban J connectivity index is 0. The molecule has 0 bridgehead atoms. The van der Waals surface area contributed by atoms with E-state index in [0.29, 0.717) is 25.6 Å². The quantitative estimate of drug-likeness (QED) is 0.392. The van der Waals surface area contributed by atoms with Gasteiger partial charge in [0.15, 0.2) is 0 Å². The predicted octanol–water partition coefficient (Wildman–Crippen LogP) is 1.75. The first kappa shape index (κ1) is 24.6. The van der Waals surface area contributed by atoms with Crippen molar-refractivity contribution in [2.24, 2.45) is 11.7 Å². The third-order valence-electron chi connectivity index (χ3n) is 1.72. The Morgan fingerprint density at radius 1 is 1.26 bits per heavy atom. The number of hydrogen-bond acceptors (Lipinski definition) is 6. The summed E-state index contributed by atoms with van der Waals surface area (Å²) in [4.78, 5) is 20.1. The first-order chi connectivity index (χ1) is 10.6. The number of carboxylic acids is 1. The third kappa shape index (κ3) is 21.4. The van der Waals surface area contributed by atoms with E-state index in [1.54, 1.807) is 21.6 Å². The zero-order valence-corrected chi connectivity index (χ0v) is 14.7. The Bertz CT molecular complexity index is 332. The number of carbonyl (C=O) groups is 2. The Labute approximate surface area is 141 Å². The van der Waals surface area contributed by atoms with E-state index in [4.69, 9.17) is 20.4 Å². The smallest absolute Gasteiger partial charge is 0.475 e. The maximum atomic E-state index is 11.2. The van der Waals surface area contributed by atoms with Gasteiger partial charge in [-0.15, -0.1) is 0 Å². The molecule has 0 atom stereocenters. The van der Waals surface area contributed by atoms with E-state index in [1.807, 2.05) is 0 Å². The Morgan fingerprint density at radius 2 is 1.78 bits per heavy atom. The fourth-order valence-electron chi connectivity index (χ4n) is 0.836. The second-order valence-corrected chi connectivity index (χ2v) is 7.20. The SMILES string of the molecule is CC(C)COCC(=O)NCCSSCCN.O=C(O)C(F)(F)F. The van der Waals surface area contributed by atoms with E-state index in [-0.39, 0.29) is 12.5 Å². The van der Waals surface area contributed by atoms with Gasteiger partial charge in [-0.3, -0.25) is 4.79 Å². The molecule has 0 aliphatic rings. The molecule has 0 aromatic rings. The van der Waals surface area contributed by atoms with Crippen LogP contribution in [0.4, 0.5) is 13.2 Å². The number of nitrogens with one attached hydrogen (secondary N) is 1. The predicted molar refractivity (Wildman–Crippen MR) is 86.3 cm³/mol. The van der Waals surface area contributed by atoms with Gasteiger partial charge in [0.2, 0.25) is 5.91 Å². The number of ether oxygens (including phenoxy) is 1. The zero-order valence-electron chi connectivity index (χ0n) is 13.0. The second kappa shape index (κ2) is 14.9. The van der Waals surface area contributed by atoms with Crippen molar-refractivity contribution in [1.82, 2.24) is 5.32 Å². The lowest BCUT2D eigenvalue weighted by Gasteiger charge is -2.07. The van der Waals surface area contributed by atoms with Crippen molar-refractivity contribution < 1.29 is 32.6 Å². The van der Waals surface area contributed by atoms with Crippen LogP contribution >= 0.6 is 21.6 Å². The first-order valence-corrected chi connectivity index (χ1v) is 9.19. The molecule has 0 unspecified atom stereocenters.